The largest absolute Gasteiger partial charge is 0.343 e. The fourth-order valence-electron chi connectivity index (χ4n) is 1.90. The Bertz CT molecular complexity index is 596. The van der Waals surface area contributed by atoms with E-state index in [1.165, 1.54) is 16.5 Å². The number of hydrogen-bond acceptors (Lipinski definition) is 1. The van der Waals surface area contributed by atoms with Crippen LogP contribution < -0.4 is 0 Å². The fraction of sp³-hybridized carbons (Fsp3) is 0.0714. The van der Waals surface area contributed by atoms with Crippen LogP contribution in [0, 0.1) is 6.07 Å². The van der Waals surface area contributed by atoms with Crippen molar-refractivity contribution >= 4 is 10.9 Å². The average molecular weight is 207 g/mol. The lowest BCUT2D eigenvalue weighted by Gasteiger charge is -2.04. The maximum Gasteiger partial charge on any atom is 0.0489 e. The number of aromatic nitrogens is 2. The molecule has 1 radical (unpaired) electrons. The summed E-state index contributed by atoms with van der Waals surface area (Å²) in [6.07, 6.45) is 5.76. The van der Waals surface area contributed by atoms with Gasteiger partial charge in [0.15, 0.2) is 0 Å². The summed E-state index contributed by atoms with van der Waals surface area (Å²) in [6.45, 7) is 0.879. The molecule has 2 heterocycles. The predicted molar refractivity (Wildman–Crippen MR) is 64.1 cm³/mol. The maximum absolute atomic E-state index is 4.02. The summed E-state index contributed by atoms with van der Waals surface area (Å²) in [6, 6.07) is 15.4. The Kier molecular flexibility index (Phi) is 2.18. The van der Waals surface area contributed by atoms with Gasteiger partial charge in [-0.25, -0.2) is 0 Å². The first-order chi connectivity index (χ1) is 7.93. The van der Waals surface area contributed by atoms with Crippen molar-refractivity contribution in [1.82, 2.24) is 9.55 Å². The summed E-state index contributed by atoms with van der Waals surface area (Å²) < 4.78 is 2.22. The van der Waals surface area contributed by atoms with Gasteiger partial charge in [0, 0.05) is 30.7 Å². The molecule has 0 bridgehead atoms. The molecule has 0 fully saturated rings. The van der Waals surface area contributed by atoms with Gasteiger partial charge >= 0.3 is 0 Å². The van der Waals surface area contributed by atoms with Crippen LogP contribution in [-0.2, 0) is 6.54 Å². The van der Waals surface area contributed by atoms with Crippen LogP contribution in [0.15, 0.2) is 55.0 Å². The molecular formula is C14H11N2. The molecule has 3 rings (SSSR count). The van der Waals surface area contributed by atoms with E-state index in [-0.39, 0.29) is 0 Å². The van der Waals surface area contributed by atoms with Gasteiger partial charge in [-0.15, -0.1) is 0 Å². The van der Waals surface area contributed by atoms with Gasteiger partial charge in [0.2, 0.25) is 0 Å². The van der Waals surface area contributed by atoms with Crippen LogP contribution in [0.5, 0.6) is 0 Å². The molecule has 0 N–H and O–H groups in total. The smallest absolute Gasteiger partial charge is 0.0489 e. The second-order valence-corrected chi connectivity index (χ2v) is 3.78. The lowest BCUT2D eigenvalue weighted by atomic mass is 10.2. The summed E-state index contributed by atoms with van der Waals surface area (Å²) in [4.78, 5) is 4.02. The van der Waals surface area contributed by atoms with Crippen LogP contribution in [0.4, 0.5) is 0 Å². The van der Waals surface area contributed by atoms with Crippen LogP contribution in [-0.4, -0.2) is 9.55 Å². The highest BCUT2D eigenvalue weighted by Crippen LogP contribution is 2.16. The lowest BCUT2D eigenvalue weighted by Crippen LogP contribution is -1.97. The van der Waals surface area contributed by atoms with E-state index < -0.39 is 0 Å². The summed E-state index contributed by atoms with van der Waals surface area (Å²) in [7, 11) is 0. The Hall–Kier alpha value is -2.09. The third kappa shape index (κ3) is 1.58. The number of pyridine rings is 1. The van der Waals surface area contributed by atoms with E-state index in [1.54, 1.807) is 0 Å². The van der Waals surface area contributed by atoms with Gasteiger partial charge in [-0.1, -0.05) is 12.1 Å². The first-order valence-electron chi connectivity index (χ1n) is 5.27. The molecule has 0 amide bonds. The number of rotatable bonds is 2. The molecule has 16 heavy (non-hydrogen) atoms. The van der Waals surface area contributed by atoms with E-state index in [2.05, 4.69) is 33.9 Å². The number of fused-ring (bicyclic) bond motifs is 1. The zero-order chi connectivity index (χ0) is 10.8. The Balaban J connectivity index is 2.01. The molecule has 0 saturated carbocycles. The van der Waals surface area contributed by atoms with Crippen LogP contribution in [0.1, 0.15) is 5.56 Å². The highest BCUT2D eigenvalue weighted by Gasteiger charge is 2.00. The first kappa shape index (κ1) is 9.16. The highest BCUT2D eigenvalue weighted by atomic mass is 14.9. The Morgan fingerprint density at radius 3 is 2.88 bits per heavy atom. The molecule has 2 heteroatoms. The third-order valence-electron chi connectivity index (χ3n) is 2.72. The van der Waals surface area contributed by atoms with Gasteiger partial charge in [-0.3, -0.25) is 4.98 Å². The van der Waals surface area contributed by atoms with Crippen molar-refractivity contribution in [2.75, 3.05) is 0 Å². The van der Waals surface area contributed by atoms with Crippen molar-refractivity contribution in [3.63, 3.8) is 0 Å². The molecule has 0 saturated heterocycles. The molecule has 0 atom stereocenters. The lowest BCUT2D eigenvalue weighted by molar-refractivity contribution is 0.834. The molecule has 2 nitrogen and oxygen atoms in total. The van der Waals surface area contributed by atoms with Gasteiger partial charge in [-0.05, 0) is 41.3 Å². The second kappa shape index (κ2) is 3.81. The standard InChI is InChI=1S/C14H11N2/c1-2-4-14-13(3-1)7-10-16(14)11-12-5-8-15-9-6-12/h1,3-10H,11H2. The van der Waals surface area contributed by atoms with Gasteiger partial charge in [0.25, 0.3) is 0 Å². The molecular weight excluding hydrogens is 196 g/mol. The zero-order valence-corrected chi connectivity index (χ0v) is 8.80. The molecule has 2 aromatic heterocycles. The van der Waals surface area contributed by atoms with E-state index in [4.69, 9.17) is 0 Å². The highest BCUT2D eigenvalue weighted by molar-refractivity contribution is 5.79. The van der Waals surface area contributed by atoms with Gasteiger partial charge in [0.1, 0.15) is 0 Å². The van der Waals surface area contributed by atoms with E-state index >= 15 is 0 Å². The van der Waals surface area contributed by atoms with Crippen molar-refractivity contribution < 1.29 is 0 Å². The van der Waals surface area contributed by atoms with Crippen molar-refractivity contribution in [3.05, 3.63) is 66.6 Å². The Morgan fingerprint density at radius 2 is 2.00 bits per heavy atom. The maximum atomic E-state index is 4.02. The van der Waals surface area contributed by atoms with Gasteiger partial charge in [0.05, 0.1) is 0 Å². The summed E-state index contributed by atoms with van der Waals surface area (Å²) in [5, 5.41) is 1.26. The SMILES string of the molecule is [c]1ccc2ccn(Cc3ccncc3)c2c1. The number of benzene rings is 1. The molecule has 0 aliphatic carbocycles. The minimum atomic E-state index is 0.879. The normalized spacial score (nSPS) is 10.8. The third-order valence-corrected chi connectivity index (χ3v) is 2.72. The second-order valence-electron chi connectivity index (χ2n) is 3.78. The molecule has 3 aromatic rings. The first-order valence-corrected chi connectivity index (χ1v) is 5.27. The van der Waals surface area contributed by atoms with Crippen LogP contribution in [0.25, 0.3) is 10.9 Å². The van der Waals surface area contributed by atoms with E-state index in [0.717, 1.165) is 6.54 Å². The molecule has 0 unspecified atom stereocenters. The minimum Gasteiger partial charge on any atom is -0.343 e. The number of nitrogens with zero attached hydrogens (tertiary/aromatic N) is 2. The van der Waals surface area contributed by atoms with Crippen molar-refractivity contribution in [2.24, 2.45) is 0 Å². The molecule has 1 aromatic carbocycles. The monoisotopic (exact) mass is 207 g/mol. The van der Waals surface area contributed by atoms with Crippen LogP contribution >= 0.6 is 0 Å². The van der Waals surface area contributed by atoms with Gasteiger partial charge in [-0.2, -0.15) is 0 Å². The predicted octanol–water partition coefficient (Wildman–Crippen LogP) is 2.88. The molecule has 77 valence electrons. The number of hydrogen-bond donors (Lipinski definition) is 0. The van der Waals surface area contributed by atoms with E-state index in [9.17, 15) is 0 Å². The van der Waals surface area contributed by atoms with Crippen LogP contribution in [0.3, 0.4) is 0 Å². The zero-order valence-electron chi connectivity index (χ0n) is 8.80. The summed E-state index contributed by atoms with van der Waals surface area (Å²) >= 11 is 0. The average Bonchev–Trinajstić information content (AvgIpc) is 2.74. The van der Waals surface area contributed by atoms with Crippen molar-refractivity contribution in [2.45, 2.75) is 6.54 Å². The minimum absolute atomic E-state index is 0.879. The Labute approximate surface area is 94.2 Å². The van der Waals surface area contributed by atoms with Gasteiger partial charge < -0.3 is 4.57 Å². The van der Waals surface area contributed by atoms with Crippen LogP contribution in [0.2, 0.25) is 0 Å². The summed E-state index contributed by atoms with van der Waals surface area (Å²) in [5.74, 6) is 0. The summed E-state index contributed by atoms with van der Waals surface area (Å²) in [5.41, 5.74) is 2.48. The van der Waals surface area contributed by atoms with Crippen molar-refractivity contribution in [3.8, 4) is 0 Å². The Morgan fingerprint density at radius 1 is 1.12 bits per heavy atom. The molecule has 0 aliphatic heterocycles. The quantitative estimate of drug-likeness (QED) is 0.631. The molecule has 0 spiro atoms. The van der Waals surface area contributed by atoms with Crippen molar-refractivity contribution in [1.29, 1.82) is 0 Å². The fourth-order valence-corrected chi connectivity index (χ4v) is 1.90. The topological polar surface area (TPSA) is 17.8 Å². The van der Waals surface area contributed by atoms with E-state index in [1.807, 2.05) is 36.7 Å². The molecule has 0 aliphatic rings. The van der Waals surface area contributed by atoms with E-state index in [0.29, 0.717) is 0 Å².